The number of fused-ring (bicyclic) bond motifs is 1. The Balaban J connectivity index is 1.58. The summed E-state index contributed by atoms with van der Waals surface area (Å²) in [6.07, 6.45) is 1.95. The van der Waals surface area contributed by atoms with E-state index in [-0.39, 0.29) is 12.1 Å². The fourth-order valence-electron chi connectivity index (χ4n) is 3.37. The number of nitrogens with zero attached hydrogens (tertiary/aromatic N) is 4. The van der Waals surface area contributed by atoms with Gasteiger partial charge in [0.2, 0.25) is 0 Å². The quantitative estimate of drug-likeness (QED) is 0.554. The van der Waals surface area contributed by atoms with E-state index in [0.717, 1.165) is 54.9 Å². The summed E-state index contributed by atoms with van der Waals surface area (Å²) in [5.74, 6) is 4.12. The van der Waals surface area contributed by atoms with Crippen LogP contribution in [0.25, 0.3) is 0 Å². The molecule has 2 aromatic rings. The van der Waals surface area contributed by atoms with Crippen LogP contribution in [0.2, 0.25) is 0 Å². The Bertz CT molecular complexity index is 828. The van der Waals surface area contributed by atoms with E-state index in [9.17, 15) is 0 Å². The molecule has 0 spiro atoms. The molecule has 3 rings (SSSR count). The zero-order valence-electron chi connectivity index (χ0n) is 18.3. The molecule has 0 aliphatic carbocycles. The van der Waals surface area contributed by atoms with Gasteiger partial charge < -0.3 is 15.4 Å². The maximum absolute atomic E-state index is 6.05. The third kappa shape index (κ3) is 5.71. The second kappa shape index (κ2) is 9.76. The molecule has 0 saturated heterocycles. The number of benzene rings is 1. The summed E-state index contributed by atoms with van der Waals surface area (Å²) in [7, 11) is 0. The number of aliphatic imine (C=N–C) groups is 1. The minimum absolute atomic E-state index is 0.00608. The van der Waals surface area contributed by atoms with Gasteiger partial charge in [-0.1, -0.05) is 32.0 Å². The molecule has 7 nitrogen and oxygen atoms in total. The molecule has 0 bridgehead atoms. The van der Waals surface area contributed by atoms with Crippen LogP contribution in [0.4, 0.5) is 0 Å². The van der Waals surface area contributed by atoms with Crippen molar-refractivity contribution in [3.8, 4) is 5.75 Å². The van der Waals surface area contributed by atoms with Crippen LogP contribution in [0.5, 0.6) is 5.75 Å². The summed E-state index contributed by atoms with van der Waals surface area (Å²) in [6, 6.07) is 8.36. The monoisotopic (exact) mass is 398 g/mol. The fourth-order valence-corrected chi connectivity index (χ4v) is 3.37. The van der Waals surface area contributed by atoms with Gasteiger partial charge in [0.1, 0.15) is 17.7 Å². The van der Waals surface area contributed by atoms with Crippen molar-refractivity contribution in [1.82, 2.24) is 25.4 Å². The number of para-hydroxylation sites is 1. The Kier molecular flexibility index (Phi) is 7.12. The number of aromatic nitrogens is 3. The van der Waals surface area contributed by atoms with Gasteiger partial charge in [-0.2, -0.15) is 5.10 Å². The number of ether oxygens (including phenoxy) is 1. The molecule has 158 valence electrons. The molecule has 2 N–H and O–H groups in total. The van der Waals surface area contributed by atoms with Crippen LogP contribution in [-0.4, -0.2) is 46.0 Å². The van der Waals surface area contributed by atoms with Crippen LogP contribution in [0, 0.1) is 6.92 Å². The van der Waals surface area contributed by atoms with Gasteiger partial charge in [0, 0.05) is 24.9 Å². The Morgan fingerprint density at radius 3 is 2.83 bits per heavy atom. The molecular weight excluding hydrogens is 364 g/mol. The van der Waals surface area contributed by atoms with Crippen LogP contribution in [0.15, 0.2) is 29.3 Å². The lowest BCUT2D eigenvalue weighted by Gasteiger charge is -2.25. The Labute approximate surface area is 174 Å². The predicted molar refractivity (Wildman–Crippen MR) is 117 cm³/mol. The number of hydrogen-bond donors (Lipinski definition) is 2. The molecule has 1 aliphatic rings. The minimum Gasteiger partial charge on any atom is -0.489 e. The van der Waals surface area contributed by atoms with Gasteiger partial charge in [0.25, 0.3) is 0 Å². The maximum Gasteiger partial charge on any atom is 0.191 e. The summed E-state index contributed by atoms with van der Waals surface area (Å²) in [4.78, 5) is 9.42. The first-order chi connectivity index (χ1) is 14.0. The number of guanidine groups is 1. The smallest absolute Gasteiger partial charge is 0.191 e. The largest absolute Gasteiger partial charge is 0.489 e. The van der Waals surface area contributed by atoms with E-state index < -0.39 is 0 Å². The first kappa shape index (κ1) is 21.1. The van der Waals surface area contributed by atoms with Crippen LogP contribution in [0.3, 0.4) is 0 Å². The molecule has 1 aromatic heterocycles. The summed E-state index contributed by atoms with van der Waals surface area (Å²) in [5, 5.41) is 11.6. The standard InChI is InChI=1S/C22H34N6O/c1-6-23-22(24-13-17(5)29-19-10-8-7-9-16(19)4)25-18-11-12-20-26-21(15(2)3)27-28(20)14-18/h7-10,15,17-18H,6,11-14H2,1-5H3,(H2,23,24,25). The molecule has 0 radical (unpaired) electrons. The molecule has 0 amide bonds. The van der Waals surface area contributed by atoms with Gasteiger partial charge in [-0.15, -0.1) is 0 Å². The third-order valence-electron chi connectivity index (χ3n) is 5.00. The normalized spacial score (nSPS) is 17.7. The van der Waals surface area contributed by atoms with Gasteiger partial charge in [-0.3, -0.25) is 0 Å². The lowest BCUT2D eigenvalue weighted by molar-refractivity contribution is 0.228. The molecular formula is C22H34N6O. The van der Waals surface area contributed by atoms with Crippen molar-refractivity contribution >= 4 is 5.96 Å². The van der Waals surface area contributed by atoms with Crippen molar-refractivity contribution in [3.05, 3.63) is 41.5 Å². The summed E-state index contributed by atoms with van der Waals surface area (Å²) >= 11 is 0. The molecule has 1 aliphatic heterocycles. The second-order valence-electron chi connectivity index (χ2n) is 8.02. The molecule has 0 saturated carbocycles. The zero-order valence-corrected chi connectivity index (χ0v) is 18.3. The SMILES string of the molecule is CCNC(=NCC(C)Oc1ccccc1C)NC1CCc2nc(C(C)C)nn2C1. The molecule has 2 atom stereocenters. The van der Waals surface area contributed by atoms with E-state index in [1.807, 2.05) is 22.9 Å². The van der Waals surface area contributed by atoms with Crippen molar-refractivity contribution in [2.24, 2.45) is 4.99 Å². The molecule has 0 fully saturated rings. The van der Waals surface area contributed by atoms with Crippen LogP contribution in [0.1, 0.15) is 57.2 Å². The van der Waals surface area contributed by atoms with E-state index in [4.69, 9.17) is 9.73 Å². The van der Waals surface area contributed by atoms with Crippen LogP contribution >= 0.6 is 0 Å². The lowest BCUT2D eigenvalue weighted by Crippen LogP contribution is -2.47. The van der Waals surface area contributed by atoms with Crippen molar-refractivity contribution in [2.45, 2.75) is 72.1 Å². The Hall–Kier alpha value is -2.57. The van der Waals surface area contributed by atoms with E-state index in [1.54, 1.807) is 0 Å². The number of rotatable bonds is 7. The van der Waals surface area contributed by atoms with Gasteiger partial charge in [0.15, 0.2) is 11.8 Å². The van der Waals surface area contributed by atoms with E-state index in [1.165, 1.54) is 0 Å². The highest BCUT2D eigenvalue weighted by Crippen LogP contribution is 2.18. The van der Waals surface area contributed by atoms with Gasteiger partial charge >= 0.3 is 0 Å². The summed E-state index contributed by atoms with van der Waals surface area (Å²) in [5.41, 5.74) is 1.14. The van der Waals surface area contributed by atoms with E-state index >= 15 is 0 Å². The van der Waals surface area contributed by atoms with Gasteiger partial charge in [-0.25, -0.2) is 14.7 Å². The minimum atomic E-state index is -0.00608. The highest BCUT2D eigenvalue weighted by Gasteiger charge is 2.23. The Morgan fingerprint density at radius 2 is 2.10 bits per heavy atom. The van der Waals surface area contributed by atoms with Crippen LogP contribution in [-0.2, 0) is 13.0 Å². The number of aryl methyl sites for hydroxylation is 2. The third-order valence-corrected chi connectivity index (χ3v) is 5.00. The predicted octanol–water partition coefficient (Wildman–Crippen LogP) is 3.05. The Morgan fingerprint density at radius 1 is 1.31 bits per heavy atom. The molecule has 2 heterocycles. The highest BCUT2D eigenvalue weighted by atomic mass is 16.5. The maximum atomic E-state index is 6.05. The molecule has 7 heteroatoms. The fraction of sp³-hybridized carbons (Fsp3) is 0.591. The first-order valence-corrected chi connectivity index (χ1v) is 10.7. The van der Waals surface area contributed by atoms with Crippen molar-refractivity contribution in [3.63, 3.8) is 0 Å². The van der Waals surface area contributed by atoms with Gasteiger partial charge in [-0.05, 0) is 38.8 Å². The van der Waals surface area contributed by atoms with Crippen molar-refractivity contribution in [1.29, 1.82) is 0 Å². The summed E-state index contributed by atoms with van der Waals surface area (Å²) in [6.45, 7) is 12.7. The van der Waals surface area contributed by atoms with E-state index in [0.29, 0.717) is 12.5 Å². The van der Waals surface area contributed by atoms with Crippen molar-refractivity contribution in [2.75, 3.05) is 13.1 Å². The zero-order chi connectivity index (χ0) is 20.8. The van der Waals surface area contributed by atoms with E-state index in [2.05, 4.69) is 61.4 Å². The number of hydrogen-bond acceptors (Lipinski definition) is 4. The first-order valence-electron chi connectivity index (χ1n) is 10.7. The van der Waals surface area contributed by atoms with Crippen molar-refractivity contribution < 1.29 is 4.74 Å². The highest BCUT2D eigenvalue weighted by molar-refractivity contribution is 5.80. The number of nitrogens with one attached hydrogen (secondary N) is 2. The molecule has 1 aromatic carbocycles. The lowest BCUT2D eigenvalue weighted by atomic mass is 10.1. The molecule has 29 heavy (non-hydrogen) atoms. The summed E-state index contributed by atoms with van der Waals surface area (Å²) < 4.78 is 8.10. The average Bonchev–Trinajstić information content (AvgIpc) is 3.12. The second-order valence-corrected chi connectivity index (χ2v) is 8.02. The topological polar surface area (TPSA) is 76.4 Å². The van der Waals surface area contributed by atoms with Crippen LogP contribution < -0.4 is 15.4 Å². The molecule has 2 unspecified atom stereocenters. The average molecular weight is 399 g/mol. The van der Waals surface area contributed by atoms with Gasteiger partial charge in [0.05, 0.1) is 13.1 Å².